The van der Waals surface area contributed by atoms with Crippen molar-refractivity contribution in [1.82, 2.24) is 4.98 Å². The predicted molar refractivity (Wildman–Crippen MR) is 85.3 cm³/mol. The molecule has 1 atom stereocenters. The van der Waals surface area contributed by atoms with Crippen molar-refractivity contribution in [2.75, 3.05) is 38.3 Å². The summed E-state index contributed by atoms with van der Waals surface area (Å²) in [6.07, 6.45) is 1.58. The van der Waals surface area contributed by atoms with Crippen LogP contribution in [0.2, 0.25) is 5.02 Å². The highest BCUT2D eigenvalue weighted by Crippen LogP contribution is 2.33. The number of fused-ring (bicyclic) bond motifs is 1. The van der Waals surface area contributed by atoms with Crippen LogP contribution in [0.5, 0.6) is 0 Å². The van der Waals surface area contributed by atoms with Gasteiger partial charge >= 0.3 is 0 Å². The fraction of sp³-hybridized carbons (Fsp3) is 0.375. The Balaban J connectivity index is 2.08. The van der Waals surface area contributed by atoms with Gasteiger partial charge in [0.05, 0.1) is 41.1 Å². The molecule has 1 aromatic carbocycles. The first-order valence-electron chi connectivity index (χ1n) is 7.07. The zero-order valence-corrected chi connectivity index (χ0v) is 13.0. The molecule has 2 heterocycles. The van der Waals surface area contributed by atoms with Crippen LogP contribution >= 0.6 is 11.6 Å². The van der Waals surface area contributed by atoms with Crippen LogP contribution in [0.15, 0.2) is 24.4 Å². The number of para-hydroxylation sites is 1. The summed E-state index contributed by atoms with van der Waals surface area (Å²) < 4.78 is 10.9. The van der Waals surface area contributed by atoms with E-state index in [1.807, 2.05) is 12.1 Å². The lowest BCUT2D eigenvalue weighted by Gasteiger charge is -2.35. The van der Waals surface area contributed by atoms with Crippen molar-refractivity contribution in [1.29, 1.82) is 5.26 Å². The second-order valence-electron chi connectivity index (χ2n) is 5.16. The highest BCUT2D eigenvalue weighted by molar-refractivity contribution is 6.35. The molecule has 0 saturated carbocycles. The molecule has 6 heteroatoms. The Labute approximate surface area is 134 Å². The molecule has 1 aliphatic heterocycles. The first-order valence-corrected chi connectivity index (χ1v) is 7.45. The van der Waals surface area contributed by atoms with Crippen molar-refractivity contribution in [3.8, 4) is 6.07 Å². The Morgan fingerprint density at radius 2 is 2.41 bits per heavy atom. The van der Waals surface area contributed by atoms with Gasteiger partial charge in [0.2, 0.25) is 0 Å². The van der Waals surface area contributed by atoms with Crippen molar-refractivity contribution < 1.29 is 9.47 Å². The zero-order valence-electron chi connectivity index (χ0n) is 12.3. The number of hydrogen-bond acceptors (Lipinski definition) is 5. The van der Waals surface area contributed by atoms with Crippen LogP contribution < -0.4 is 4.90 Å². The zero-order chi connectivity index (χ0) is 15.5. The van der Waals surface area contributed by atoms with Crippen molar-refractivity contribution in [2.45, 2.75) is 6.10 Å². The number of aromatic nitrogens is 1. The van der Waals surface area contributed by atoms with Gasteiger partial charge in [0, 0.05) is 31.8 Å². The van der Waals surface area contributed by atoms with Gasteiger partial charge in [0.1, 0.15) is 6.07 Å². The van der Waals surface area contributed by atoms with Gasteiger partial charge in [-0.25, -0.2) is 0 Å². The van der Waals surface area contributed by atoms with Gasteiger partial charge in [-0.1, -0.05) is 23.7 Å². The molecule has 0 aliphatic carbocycles. The van der Waals surface area contributed by atoms with E-state index in [-0.39, 0.29) is 6.10 Å². The summed E-state index contributed by atoms with van der Waals surface area (Å²) in [6.45, 7) is 2.53. The first-order chi connectivity index (χ1) is 10.7. The number of anilines is 1. The van der Waals surface area contributed by atoms with Crippen molar-refractivity contribution in [3.63, 3.8) is 0 Å². The number of halogens is 1. The van der Waals surface area contributed by atoms with Crippen LogP contribution in [0.1, 0.15) is 5.56 Å². The van der Waals surface area contributed by atoms with Gasteiger partial charge in [0.15, 0.2) is 0 Å². The van der Waals surface area contributed by atoms with Crippen LogP contribution in [-0.4, -0.2) is 44.5 Å². The number of hydrogen-bond donors (Lipinski definition) is 0. The van der Waals surface area contributed by atoms with E-state index < -0.39 is 0 Å². The van der Waals surface area contributed by atoms with Crippen LogP contribution in [0.25, 0.3) is 10.9 Å². The van der Waals surface area contributed by atoms with Crippen molar-refractivity contribution >= 4 is 28.2 Å². The Morgan fingerprint density at radius 3 is 3.18 bits per heavy atom. The number of ether oxygens (including phenoxy) is 2. The average molecular weight is 318 g/mol. The standard InChI is InChI=1S/C16H16ClN3O2/c1-21-10-12-9-20(5-6-22-12)16-11(7-18)8-19-15-13(16)3-2-4-14(15)17/h2-4,8,12H,5-6,9-10H2,1H3. The third kappa shape index (κ3) is 2.73. The lowest BCUT2D eigenvalue weighted by atomic mass is 10.1. The maximum absolute atomic E-state index is 9.44. The molecule has 0 spiro atoms. The molecule has 0 bridgehead atoms. The normalized spacial score (nSPS) is 18.4. The summed E-state index contributed by atoms with van der Waals surface area (Å²) in [5.74, 6) is 0. The SMILES string of the molecule is COCC1CN(c2c(C#N)cnc3c(Cl)cccc23)CCO1. The Kier molecular flexibility index (Phi) is 4.44. The summed E-state index contributed by atoms with van der Waals surface area (Å²) in [5, 5.41) is 10.9. The third-order valence-corrected chi connectivity index (χ3v) is 4.05. The lowest BCUT2D eigenvalue weighted by molar-refractivity contribution is -0.00996. The van der Waals surface area contributed by atoms with Gasteiger partial charge in [-0.15, -0.1) is 0 Å². The number of pyridine rings is 1. The molecular formula is C16H16ClN3O2. The van der Waals surface area contributed by atoms with E-state index in [0.717, 1.165) is 17.6 Å². The number of morpholine rings is 1. The second kappa shape index (κ2) is 6.49. The number of methoxy groups -OCH3 is 1. The molecule has 1 fully saturated rings. The van der Waals surface area contributed by atoms with E-state index in [0.29, 0.717) is 35.9 Å². The summed E-state index contributed by atoms with van der Waals surface area (Å²) in [4.78, 5) is 6.48. The van der Waals surface area contributed by atoms with Crippen molar-refractivity contribution in [2.24, 2.45) is 0 Å². The van der Waals surface area contributed by atoms with E-state index in [9.17, 15) is 5.26 Å². The Bertz CT molecular complexity index is 727. The molecule has 22 heavy (non-hydrogen) atoms. The third-order valence-electron chi connectivity index (χ3n) is 3.75. The predicted octanol–water partition coefficient (Wildman–Crippen LogP) is 2.61. The summed E-state index contributed by atoms with van der Waals surface area (Å²) >= 11 is 6.23. The van der Waals surface area contributed by atoms with Crippen molar-refractivity contribution in [3.05, 3.63) is 35.0 Å². The molecule has 0 amide bonds. The smallest absolute Gasteiger partial charge is 0.103 e. The highest BCUT2D eigenvalue weighted by Gasteiger charge is 2.24. The minimum Gasteiger partial charge on any atom is -0.382 e. The first kappa shape index (κ1) is 15.0. The van der Waals surface area contributed by atoms with Gasteiger partial charge in [0.25, 0.3) is 0 Å². The molecule has 3 rings (SSSR count). The molecule has 0 radical (unpaired) electrons. The van der Waals surface area contributed by atoms with Gasteiger partial charge in [-0.3, -0.25) is 4.98 Å². The molecule has 5 nitrogen and oxygen atoms in total. The molecule has 1 aliphatic rings. The Hall–Kier alpha value is -1.87. The summed E-state index contributed by atoms with van der Waals surface area (Å²) in [5.41, 5.74) is 2.14. The topological polar surface area (TPSA) is 58.4 Å². The van der Waals surface area contributed by atoms with Crippen LogP contribution in [-0.2, 0) is 9.47 Å². The Morgan fingerprint density at radius 1 is 1.55 bits per heavy atom. The van der Waals surface area contributed by atoms with Crippen LogP contribution in [0, 0.1) is 11.3 Å². The van der Waals surface area contributed by atoms with Crippen LogP contribution in [0.3, 0.4) is 0 Å². The minimum absolute atomic E-state index is 0.00677. The molecule has 1 saturated heterocycles. The quantitative estimate of drug-likeness (QED) is 0.871. The largest absolute Gasteiger partial charge is 0.382 e. The molecule has 0 N–H and O–H groups in total. The fourth-order valence-corrected chi connectivity index (χ4v) is 3.03. The molecule has 2 aromatic rings. The fourth-order valence-electron chi connectivity index (χ4n) is 2.80. The molecule has 1 unspecified atom stereocenters. The maximum Gasteiger partial charge on any atom is 0.103 e. The monoisotopic (exact) mass is 317 g/mol. The van der Waals surface area contributed by atoms with Crippen LogP contribution in [0.4, 0.5) is 5.69 Å². The minimum atomic E-state index is -0.00677. The summed E-state index contributed by atoms with van der Waals surface area (Å²) in [6, 6.07) is 7.87. The van der Waals surface area contributed by atoms with E-state index in [1.165, 1.54) is 0 Å². The van der Waals surface area contributed by atoms with E-state index >= 15 is 0 Å². The molecule has 1 aromatic heterocycles. The number of benzene rings is 1. The van der Waals surface area contributed by atoms with E-state index in [2.05, 4.69) is 16.0 Å². The second-order valence-corrected chi connectivity index (χ2v) is 5.57. The maximum atomic E-state index is 9.44. The molecular weight excluding hydrogens is 302 g/mol. The number of nitriles is 1. The van der Waals surface area contributed by atoms with E-state index in [4.69, 9.17) is 21.1 Å². The number of nitrogens with zero attached hydrogens (tertiary/aromatic N) is 3. The van der Waals surface area contributed by atoms with E-state index in [1.54, 1.807) is 19.4 Å². The summed E-state index contributed by atoms with van der Waals surface area (Å²) in [7, 11) is 1.66. The van der Waals surface area contributed by atoms with Gasteiger partial charge < -0.3 is 14.4 Å². The average Bonchev–Trinajstić information content (AvgIpc) is 2.54. The highest BCUT2D eigenvalue weighted by atomic mass is 35.5. The molecule has 114 valence electrons. The van der Waals surface area contributed by atoms with Gasteiger partial charge in [-0.2, -0.15) is 5.26 Å². The lowest BCUT2D eigenvalue weighted by Crippen LogP contribution is -2.44. The number of rotatable bonds is 3. The van der Waals surface area contributed by atoms with Gasteiger partial charge in [-0.05, 0) is 6.07 Å².